The zero-order chi connectivity index (χ0) is 9.26. The van der Waals surface area contributed by atoms with Crippen LogP contribution in [0.15, 0.2) is 11.8 Å². The summed E-state index contributed by atoms with van der Waals surface area (Å²) in [5.74, 6) is 0.796. The Morgan fingerprint density at radius 3 is 3.08 bits per heavy atom. The van der Waals surface area contributed by atoms with Crippen LogP contribution in [-0.4, -0.2) is 43.7 Å². The first kappa shape index (κ1) is 8.56. The molecule has 1 atom stereocenters. The molecule has 0 bridgehead atoms. The van der Waals surface area contributed by atoms with Gasteiger partial charge in [0.25, 0.3) is 5.91 Å². The van der Waals surface area contributed by atoms with Crippen molar-refractivity contribution in [3.05, 3.63) is 11.8 Å². The summed E-state index contributed by atoms with van der Waals surface area (Å²) in [7, 11) is 1.59. The summed E-state index contributed by atoms with van der Waals surface area (Å²) in [6, 6.07) is 0.247. The number of methoxy groups -OCH3 is 1. The number of nitrogens with zero attached hydrogens (tertiary/aromatic N) is 1. The standard InChI is InChI=1S/C9H13NO3/c1-12-8-4-9(11)10(5-8)7-2-3-13-6-7/h4,7H,2-3,5-6H2,1H3. The second kappa shape index (κ2) is 3.38. The van der Waals surface area contributed by atoms with Crippen molar-refractivity contribution in [2.45, 2.75) is 12.5 Å². The highest BCUT2D eigenvalue weighted by Gasteiger charge is 2.31. The lowest BCUT2D eigenvalue weighted by Crippen LogP contribution is -2.37. The minimum absolute atomic E-state index is 0.0485. The number of rotatable bonds is 2. The fourth-order valence-electron chi connectivity index (χ4n) is 1.71. The van der Waals surface area contributed by atoms with Gasteiger partial charge in [-0.25, -0.2) is 0 Å². The Kier molecular flexibility index (Phi) is 2.22. The number of amides is 1. The molecule has 0 aromatic heterocycles. The van der Waals surface area contributed by atoms with Crippen molar-refractivity contribution in [3.63, 3.8) is 0 Å². The summed E-state index contributed by atoms with van der Waals surface area (Å²) >= 11 is 0. The smallest absolute Gasteiger partial charge is 0.250 e. The molecule has 72 valence electrons. The molecule has 1 amide bonds. The molecular weight excluding hydrogens is 170 g/mol. The first-order valence-corrected chi connectivity index (χ1v) is 4.44. The van der Waals surface area contributed by atoms with E-state index >= 15 is 0 Å². The van der Waals surface area contributed by atoms with Crippen LogP contribution in [0.2, 0.25) is 0 Å². The normalized spacial score (nSPS) is 28.1. The third-order valence-electron chi connectivity index (χ3n) is 2.50. The Morgan fingerprint density at radius 1 is 1.69 bits per heavy atom. The van der Waals surface area contributed by atoms with Crippen LogP contribution in [0, 0.1) is 0 Å². The number of carbonyl (C=O) groups excluding carboxylic acids is 1. The third kappa shape index (κ3) is 1.54. The Hall–Kier alpha value is -1.03. The van der Waals surface area contributed by atoms with Gasteiger partial charge in [-0.1, -0.05) is 0 Å². The van der Waals surface area contributed by atoms with Crippen molar-refractivity contribution in [1.29, 1.82) is 0 Å². The maximum Gasteiger partial charge on any atom is 0.250 e. The monoisotopic (exact) mass is 183 g/mol. The molecule has 0 N–H and O–H groups in total. The Morgan fingerprint density at radius 2 is 2.54 bits per heavy atom. The van der Waals surface area contributed by atoms with E-state index in [4.69, 9.17) is 9.47 Å². The molecule has 0 aliphatic carbocycles. The zero-order valence-corrected chi connectivity index (χ0v) is 7.66. The summed E-state index contributed by atoms with van der Waals surface area (Å²) in [6.07, 6.45) is 2.49. The maximum absolute atomic E-state index is 11.4. The van der Waals surface area contributed by atoms with Crippen molar-refractivity contribution in [1.82, 2.24) is 4.90 Å². The minimum atomic E-state index is 0.0485. The number of hydrogen-bond acceptors (Lipinski definition) is 3. The summed E-state index contributed by atoms with van der Waals surface area (Å²) in [5.41, 5.74) is 0. The van der Waals surface area contributed by atoms with Crippen LogP contribution in [-0.2, 0) is 14.3 Å². The van der Waals surface area contributed by atoms with Crippen molar-refractivity contribution >= 4 is 5.91 Å². The molecule has 4 nitrogen and oxygen atoms in total. The molecule has 13 heavy (non-hydrogen) atoms. The highest BCUT2D eigenvalue weighted by Crippen LogP contribution is 2.19. The molecule has 0 saturated carbocycles. The van der Waals surface area contributed by atoms with Crippen molar-refractivity contribution in [3.8, 4) is 0 Å². The van der Waals surface area contributed by atoms with Crippen LogP contribution >= 0.6 is 0 Å². The molecule has 0 radical (unpaired) electrons. The quantitative estimate of drug-likeness (QED) is 0.611. The second-order valence-corrected chi connectivity index (χ2v) is 3.30. The van der Waals surface area contributed by atoms with Crippen LogP contribution in [0.5, 0.6) is 0 Å². The molecule has 1 unspecified atom stereocenters. The molecule has 0 spiro atoms. The van der Waals surface area contributed by atoms with Gasteiger partial charge in [-0.05, 0) is 6.42 Å². The van der Waals surface area contributed by atoms with E-state index in [0.29, 0.717) is 13.2 Å². The Balaban J connectivity index is 2.00. The van der Waals surface area contributed by atoms with Gasteiger partial charge in [0, 0.05) is 12.7 Å². The van der Waals surface area contributed by atoms with Gasteiger partial charge in [-0.15, -0.1) is 0 Å². The number of ether oxygens (including phenoxy) is 2. The van der Waals surface area contributed by atoms with Gasteiger partial charge in [-0.3, -0.25) is 4.79 Å². The Labute approximate surface area is 77.1 Å². The van der Waals surface area contributed by atoms with E-state index in [0.717, 1.165) is 18.8 Å². The van der Waals surface area contributed by atoms with Gasteiger partial charge in [0.2, 0.25) is 0 Å². The summed E-state index contributed by atoms with van der Waals surface area (Å²) in [6.45, 7) is 2.02. The average molecular weight is 183 g/mol. The third-order valence-corrected chi connectivity index (χ3v) is 2.50. The summed E-state index contributed by atoms with van der Waals surface area (Å²) < 4.78 is 10.3. The van der Waals surface area contributed by atoms with Crippen molar-refractivity contribution in [2.75, 3.05) is 26.9 Å². The summed E-state index contributed by atoms with van der Waals surface area (Å²) in [5, 5.41) is 0. The SMILES string of the molecule is COC1=CC(=O)N(C2CCOC2)C1. The molecular formula is C9H13NO3. The number of carbonyl (C=O) groups is 1. The Bertz CT molecular complexity index is 243. The van der Waals surface area contributed by atoms with Crippen molar-refractivity contribution in [2.24, 2.45) is 0 Å². The van der Waals surface area contributed by atoms with Gasteiger partial charge in [0.1, 0.15) is 5.76 Å². The number of hydrogen-bond donors (Lipinski definition) is 0. The minimum Gasteiger partial charge on any atom is -0.499 e. The first-order valence-electron chi connectivity index (χ1n) is 4.44. The highest BCUT2D eigenvalue weighted by molar-refractivity contribution is 5.91. The fraction of sp³-hybridized carbons (Fsp3) is 0.667. The van der Waals surface area contributed by atoms with Gasteiger partial charge in [-0.2, -0.15) is 0 Å². The lowest BCUT2D eigenvalue weighted by Gasteiger charge is -2.22. The van der Waals surface area contributed by atoms with Crippen LogP contribution in [0.1, 0.15) is 6.42 Å². The predicted molar refractivity (Wildman–Crippen MR) is 46.0 cm³/mol. The first-order chi connectivity index (χ1) is 6.31. The molecule has 1 saturated heterocycles. The van der Waals surface area contributed by atoms with E-state index in [1.165, 1.54) is 0 Å². The van der Waals surface area contributed by atoms with Crippen LogP contribution in [0.25, 0.3) is 0 Å². The second-order valence-electron chi connectivity index (χ2n) is 3.30. The van der Waals surface area contributed by atoms with E-state index in [2.05, 4.69) is 0 Å². The van der Waals surface area contributed by atoms with Crippen LogP contribution in [0.3, 0.4) is 0 Å². The van der Waals surface area contributed by atoms with Gasteiger partial charge in [0.15, 0.2) is 0 Å². The average Bonchev–Trinajstić information content (AvgIpc) is 2.72. The fourth-order valence-corrected chi connectivity index (χ4v) is 1.71. The highest BCUT2D eigenvalue weighted by atomic mass is 16.5. The van der Waals surface area contributed by atoms with Gasteiger partial charge >= 0.3 is 0 Å². The van der Waals surface area contributed by atoms with Crippen LogP contribution < -0.4 is 0 Å². The van der Waals surface area contributed by atoms with E-state index in [-0.39, 0.29) is 11.9 Å². The molecule has 0 aromatic carbocycles. The lowest BCUT2D eigenvalue weighted by atomic mass is 10.2. The van der Waals surface area contributed by atoms with Crippen molar-refractivity contribution < 1.29 is 14.3 Å². The largest absolute Gasteiger partial charge is 0.499 e. The maximum atomic E-state index is 11.4. The molecule has 0 aromatic rings. The molecule has 4 heteroatoms. The topological polar surface area (TPSA) is 38.8 Å². The van der Waals surface area contributed by atoms with E-state index in [1.54, 1.807) is 13.2 Å². The predicted octanol–water partition coefficient (Wildman–Crippen LogP) is 0.148. The zero-order valence-electron chi connectivity index (χ0n) is 7.66. The molecule has 2 rings (SSSR count). The lowest BCUT2D eigenvalue weighted by molar-refractivity contribution is -0.126. The van der Waals surface area contributed by atoms with E-state index in [9.17, 15) is 4.79 Å². The molecule has 2 heterocycles. The molecule has 2 aliphatic rings. The molecule has 1 fully saturated rings. The van der Waals surface area contributed by atoms with Gasteiger partial charge in [0.05, 0.1) is 26.3 Å². The van der Waals surface area contributed by atoms with Crippen LogP contribution in [0.4, 0.5) is 0 Å². The summed E-state index contributed by atoms with van der Waals surface area (Å²) in [4.78, 5) is 13.3. The molecule has 2 aliphatic heterocycles. The van der Waals surface area contributed by atoms with E-state index in [1.807, 2.05) is 4.90 Å². The van der Waals surface area contributed by atoms with Gasteiger partial charge < -0.3 is 14.4 Å². The van der Waals surface area contributed by atoms with E-state index < -0.39 is 0 Å².